The summed E-state index contributed by atoms with van der Waals surface area (Å²) in [5.74, 6) is 0.642. The summed E-state index contributed by atoms with van der Waals surface area (Å²) in [5, 5.41) is 2.89. The van der Waals surface area contributed by atoms with E-state index in [4.69, 9.17) is 4.74 Å². The number of hydrogen-bond acceptors (Lipinski definition) is 4. The van der Waals surface area contributed by atoms with Gasteiger partial charge in [-0.05, 0) is 62.1 Å². The molecule has 28 heavy (non-hydrogen) atoms. The smallest absolute Gasteiger partial charge is 0.251 e. The van der Waals surface area contributed by atoms with Crippen LogP contribution in [-0.2, 0) is 16.4 Å². The molecule has 0 fully saturated rings. The van der Waals surface area contributed by atoms with Gasteiger partial charge < -0.3 is 10.1 Å². The normalized spacial score (nSPS) is 11.1. The quantitative estimate of drug-likeness (QED) is 0.652. The highest BCUT2D eigenvalue weighted by molar-refractivity contribution is 7.92. The lowest BCUT2D eigenvalue weighted by Crippen LogP contribution is -2.27. The molecule has 2 aromatic rings. The van der Waals surface area contributed by atoms with Crippen LogP contribution in [-0.4, -0.2) is 40.8 Å². The van der Waals surface area contributed by atoms with Crippen molar-refractivity contribution in [1.29, 1.82) is 0 Å². The average molecular weight is 405 g/mol. The zero-order valence-electron chi connectivity index (χ0n) is 16.9. The number of benzene rings is 2. The fraction of sp³-hybridized carbons (Fsp3) is 0.381. The number of sulfonamides is 1. The van der Waals surface area contributed by atoms with Crippen molar-refractivity contribution in [3.8, 4) is 5.75 Å². The third-order valence-electron chi connectivity index (χ3n) is 4.47. The standard InChI is InChI=1S/C21H28N2O4S/c1-5-27-19-12-9-17(10-13-19)7-6-14-22-21(24)18-11-8-16(2)20(15-18)23(3)28(4,25)26/h8-13,15H,5-7,14H2,1-4H3,(H,22,24). The number of hydrogen-bond donors (Lipinski definition) is 1. The predicted molar refractivity (Wildman–Crippen MR) is 113 cm³/mol. The van der Waals surface area contributed by atoms with Crippen LogP contribution in [0.1, 0.15) is 34.8 Å². The molecule has 0 aromatic heterocycles. The van der Waals surface area contributed by atoms with Crippen LogP contribution in [0.25, 0.3) is 0 Å². The number of anilines is 1. The Labute approximate surface area is 167 Å². The van der Waals surface area contributed by atoms with E-state index in [1.165, 1.54) is 16.9 Å². The first kappa shape index (κ1) is 21.8. The third-order valence-corrected chi connectivity index (χ3v) is 5.66. The van der Waals surface area contributed by atoms with Crippen LogP contribution in [0.5, 0.6) is 5.75 Å². The highest BCUT2D eigenvalue weighted by Gasteiger charge is 2.16. The molecular formula is C21H28N2O4S. The van der Waals surface area contributed by atoms with Crippen LogP contribution in [0, 0.1) is 6.92 Å². The second-order valence-corrected chi connectivity index (χ2v) is 8.68. The average Bonchev–Trinajstić information content (AvgIpc) is 2.65. The van der Waals surface area contributed by atoms with Gasteiger partial charge in [0.25, 0.3) is 5.91 Å². The van der Waals surface area contributed by atoms with Gasteiger partial charge in [-0.25, -0.2) is 8.42 Å². The van der Waals surface area contributed by atoms with E-state index in [-0.39, 0.29) is 5.91 Å². The Bertz CT molecular complexity index is 909. The Morgan fingerprint density at radius 2 is 1.82 bits per heavy atom. The van der Waals surface area contributed by atoms with Gasteiger partial charge in [0.2, 0.25) is 10.0 Å². The highest BCUT2D eigenvalue weighted by atomic mass is 32.2. The van der Waals surface area contributed by atoms with Gasteiger partial charge in [0.1, 0.15) is 5.75 Å². The number of rotatable bonds is 9. The Balaban J connectivity index is 1.91. The van der Waals surface area contributed by atoms with E-state index in [1.54, 1.807) is 18.2 Å². The molecule has 2 aromatic carbocycles. The molecule has 0 saturated heterocycles. The minimum atomic E-state index is -3.39. The second-order valence-electron chi connectivity index (χ2n) is 6.67. The van der Waals surface area contributed by atoms with Gasteiger partial charge in [-0.2, -0.15) is 0 Å². The number of carbonyl (C=O) groups excluding carboxylic acids is 1. The van der Waals surface area contributed by atoms with Gasteiger partial charge in [-0.1, -0.05) is 18.2 Å². The van der Waals surface area contributed by atoms with Gasteiger partial charge >= 0.3 is 0 Å². The molecule has 0 aliphatic carbocycles. The molecule has 1 N–H and O–H groups in total. The number of aryl methyl sites for hydroxylation is 2. The summed E-state index contributed by atoms with van der Waals surface area (Å²) in [4.78, 5) is 12.4. The minimum Gasteiger partial charge on any atom is -0.494 e. The van der Waals surface area contributed by atoms with E-state index in [2.05, 4.69) is 5.32 Å². The zero-order chi connectivity index (χ0) is 20.7. The Hall–Kier alpha value is -2.54. The summed E-state index contributed by atoms with van der Waals surface area (Å²) in [6, 6.07) is 13.0. The molecule has 6 nitrogen and oxygen atoms in total. The topological polar surface area (TPSA) is 75.7 Å². The van der Waals surface area contributed by atoms with Crippen LogP contribution >= 0.6 is 0 Å². The summed E-state index contributed by atoms with van der Waals surface area (Å²) in [5.41, 5.74) is 2.92. The Kier molecular flexibility index (Phi) is 7.45. The molecule has 0 bridgehead atoms. The predicted octanol–water partition coefficient (Wildman–Crippen LogP) is 3.15. The van der Waals surface area contributed by atoms with Crippen molar-refractivity contribution < 1.29 is 17.9 Å². The first-order valence-electron chi connectivity index (χ1n) is 9.27. The summed E-state index contributed by atoms with van der Waals surface area (Å²) in [6.07, 6.45) is 2.80. The molecular weight excluding hydrogens is 376 g/mol. The van der Waals surface area contributed by atoms with Crippen molar-refractivity contribution in [2.24, 2.45) is 0 Å². The summed E-state index contributed by atoms with van der Waals surface area (Å²) >= 11 is 0. The fourth-order valence-corrected chi connectivity index (χ4v) is 3.34. The van der Waals surface area contributed by atoms with E-state index in [0.29, 0.717) is 24.4 Å². The number of amides is 1. The van der Waals surface area contributed by atoms with E-state index in [0.717, 1.165) is 30.4 Å². The van der Waals surface area contributed by atoms with Crippen molar-refractivity contribution in [2.75, 3.05) is 30.8 Å². The van der Waals surface area contributed by atoms with Crippen molar-refractivity contribution >= 4 is 21.6 Å². The summed E-state index contributed by atoms with van der Waals surface area (Å²) < 4.78 is 30.2. The van der Waals surface area contributed by atoms with E-state index >= 15 is 0 Å². The summed E-state index contributed by atoms with van der Waals surface area (Å²) in [6.45, 7) is 4.95. The molecule has 152 valence electrons. The SMILES string of the molecule is CCOc1ccc(CCCNC(=O)c2ccc(C)c(N(C)S(C)(=O)=O)c2)cc1. The lowest BCUT2D eigenvalue weighted by molar-refractivity contribution is 0.0953. The van der Waals surface area contributed by atoms with Gasteiger partial charge in [-0.15, -0.1) is 0 Å². The Morgan fingerprint density at radius 1 is 1.14 bits per heavy atom. The first-order chi connectivity index (χ1) is 13.2. The Morgan fingerprint density at radius 3 is 2.43 bits per heavy atom. The number of carbonyl (C=O) groups is 1. The summed E-state index contributed by atoms with van der Waals surface area (Å²) in [7, 11) is -1.90. The molecule has 0 heterocycles. The third kappa shape index (κ3) is 5.99. The molecule has 7 heteroatoms. The van der Waals surface area contributed by atoms with Gasteiger partial charge in [0, 0.05) is 19.2 Å². The monoisotopic (exact) mass is 404 g/mol. The molecule has 0 saturated carbocycles. The van der Waals surface area contributed by atoms with Crippen LogP contribution in [0.4, 0.5) is 5.69 Å². The van der Waals surface area contributed by atoms with E-state index < -0.39 is 10.0 Å². The largest absolute Gasteiger partial charge is 0.494 e. The van der Waals surface area contributed by atoms with Crippen molar-refractivity contribution in [3.05, 3.63) is 59.2 Å². The molecule has 0 aliphatic rings. The zero-order valence-corrected chi connectivity index (χ0v) is 17.7. The molecule has 0 spiro atoms. The highest BCUT2D eigenvalue weighted by Crippen LogP contribution is 2.22. The van der Waals surface area contributed by atoms with Crippen LogP contribution < -0.4 is 14.4 Å². The van der Waals surface area contributed by atoms with Crippen LogP contribution in [0.15, 0.2) is 42.5 Å². The van der Waals surface area contributed by atoms with E-state index in [9.17, 15) is 13.2 Å². The molecule has 0 unspecified atom stereocenters. The van der Waals surface area contributed by atoms with Crippen molar-refractivity contribution in [3.63, 3.8) is 0 Å². The number of nitrogens with one attached hydrogen (secondary N) is 1. The lowest BCUT2D eigenvalue weighted by atomic mass is 10.1. The van der Waals surface area contributed by atoms with Crippen molar-refractivity contribution in [1.82, 2.24) is 5.32 Å². The number of nitrogens with zero attached hydrogens (tertiary/aromatic N) is 1. The fourth-order valence-electron chi connectivity index (χ4n) is 2.78. The van der Waals surface area contributed by atoms with Crippen LogP contribution in [0.2, 0.25) is 0 Å². The first-order valence-corrected chi connectivity index (χ1v) is 11.1. The molecule has 1 amide bonds. The van der Waals surface area contributed by atoms with Crippen molar-refractivity contribution in [2.45, 2.75) is 26.7 Å². The van der Waals surface area contributed by atoms with Gasteiger partial charge in [-0.3, -0.25) is 9.10 Å². The van der Waals surface area contributed by atoms with Gasteiger partial charge in [0.05, 0.1) is 18.6 Å². The molecule has 0 radical (unpaired) electrons. The van der Waals surface area contributed by atoms with Crippen LogP contribution in [0.3, 0.4) is 0 Å². The maximum absolute atomic E-state index is 12.4. The molecule has 0 aliphatic heterocycles. The molecule has 0 atom stereocenters. The molecule has 2 rings (SSSR count). The second kappa shape index (κ2) is 9.59. The maximum Gasteiger partial charge on any atom is 0.251 e. The van der Waals surface area contributed by atoms with Gasteiger partial charge in [0.15, 0.2) is 0 Å². The van der Waals surface area contributed by atoms with E-state index in [1.807, 2.05) is 38.1 Å². The maximum atomic E-state index is 12.4. The minimum absolute atomic E-state index is 0.213. The lowest BCUT2D eigenvalue weighted by Gasteiger charge is -2.19. The number of ether oxygens (including phenoxy) is 1.